The van der Waals surface area contributed by atoms with Gasteiger partial charge in [0.05, 0.1) is 0 Å². The van der Waals surface area contributed by atoms with Gasteiger partial charge in [-0.05, 0) is 205 Å². The van der Waals surface area contributed by atoms with Gasteiger partial charge in [0, 0.05) is 5.92 Å². The fourth-order valence-electron chi connectivity index (χ4n) is 11.9. The summed E-state index contributed by atoms with van der Waals surface area (Å²) in [6, 6.07) is 69.0. The van der Waals surface area contributed by atoms with E-state index in [-0.39, 0.29) is 5.92 Å². The van der Waals surface area contributed by atoms with Gasteiger partial charge in [0.1, 0.15) is 0 Å². The zero-order valence-corrected chi connectivity index (χ0v) is 36.6. The van der Waals surface area contributed by atoms with E-state index in [0.29, 0.717) is 0 Å². The Morgan fingerprint density at radius 1 is 0.348 bits per heavy atom. The smallest absolute Gasteiger partial charge is 0.00682 e. The Labute approximate surface area is 385 Å². The standard InChI is InChI=1S/C66H44/c1-7-19-41(20-8-1)48-33-47-31-32-52-55(44-25-13-4-14-26-44)40-59-63-58(39-51(34-48)60(47)64(52)63)65-61(45-27-15-5-16-28-45)56-37-49-35-53(42-21-9-2-10-22-42)54(43-23-11-3-12-24-43)36-50(49)38-57(56)62(66(59)65)46-29-17-6-18-30-46/h2-7,9-27,29-40,45H,1,8,28H2. The van der Waals surface area contributed by atoms with Gasteiger partial charge in [-0.15, -0.1) is 0 Å². The van der Waals surface area contributed by atoms with E-state index in [1.165, 1.54) is 137 Å². The summed E-state index contributed by atoms with van der Waals surface area (Å²) < 4.78 is 0. The molecule has 11 aromatic carbocycles. The second-order valence-corrected chi connectivity index (χ2v) is 18.5. The molecule has 0 N–H and O–H groups in total. The van der Waals surface area contributed by atoms with E-state index in [1.807, 2.05) is 0 Å². The lowest BCUT2D eigenvalue weighted by Gasteiger charge is -2.25. The van der Waals surface area contributed by atoms with Crippen LogP contribution in [0, 0.1) is 0 Å². The van der Waals surface area contributed by atoms with Crippen molar-refractivity contribution >= 4 is 59.4 Å². The predicted octanol–water partition coefficient (Wildman–Crippen LogP) is 18.5. The van der Waals surface area contributed by atoms with E-state index < -0.39 is 0 Å². The first kappa shape index (κ1) is 37.3. The molecule has 1 atom stereocenters. The molecular formula is C66H44. The molecule has 14 rings (SSSR count). The Morgan fingerprint density at radius 2 is 0.955 bits per heavy atom. The molecule has 0 spiro atoms. The van der Waals surface area contributed by atoms with Gasteiger partial charge in [-0.1, -0.05) is 176 Å². The van der Waals surface area contributed by atoms with Crippen LogP contribution in [0.1, 0.15) is 36.3 Å². The fraction of sp³-hybridized carbons (Fsp3) is 0.0606. The van der Waals surface area contributed by atoms with Gasteiger partial charge < -0.3 is 0 Å². The monoisotopic (exact) mass is 836 g/mol. The Hall–Kier alpha value is -8.06. The zero-order chi connectivity index (χ0) is 43.3. The number of hydrogen-bond acceptors (Lipinski definition) is 0. The zero-order valence-electron chi connectivity index (χ0n) is 36.6. The molecule has 0 fully saturated rings. The number of allylic oxidation sites excluding steroid dienone is 8. The van der Waals surface area contributed by atoms with E-state index in [4.69, 9.17) is 0 Å². The molecule has 0 radical (unpaired) electrons. The van der Waals surface area contributed by atoms with Gasteiger partial charge in [0.25, 0.3) is 0 Å². The van der Waals surface area contributed by atoms with Crippen molar-refractivity contribution in [2.75, 3.05) is 0 Å². The van der Waals surface area contributed by atoms with Crippen LogP contribution >= 0.6 is 0 Å². The summed E-state index contributed by atoms with van der Waals surface area (Å²) in [5, 5.41) is 13.2. The normalized spacial score (nSPS) is 15.2. The van der Waals surface area contributed by atoms with Crippen molar-refractivity contribution in [3.63, 3.8) is 0 Å². The minimum absolute atomic E-state index is 0.200. The largest absolute Gasteiger partial charge is 0.0836 e. The van der Waals surface area contributed by atoms with Gasteiger partial charge in [0.2, 0.25) is 0 Å². The molecule has 308 valence electrons. The highest BCUT2D eigenvalue weighted by atomic mass is 14.4. The Kier molecular flexibility index (Phi) is 8.34. The molecule has 0 amide bonds. The van der Waals surface area contributed by atoms with Crippen molar-refractivity contribution in [1.29, 1.82) is 0 Å². The lowest BCUT2D eigenvalue weighted by molar-refractivity contribution is 0.865. The molecule has 3 aliphatic carbocycles. The minimum Gasteiger partial charge on any atom is -0.0836 e. The van der Waals surface area contributed by atoms with Crippen LogP contribution in [0.3, 0.4) is 0 Å². The molecule has 0 heterocycles. The Balaban J connectivity index is 1.18. The summed E-state index contributed by atoms with van der Waals surface area (Å²) in [6.07, 6.45) is 19.5. The maximum absolute atomic E-state index is 2.57. The van der Waals surface area contributed by atoms with Gasteiger partial charge in [-0.2, -0.15) is 0 Å². The molecular weight excluding hydrogens is 793 g/mol. The minimum atomic E-state index is 0.200. The number of fused-ring (bicyclic) bond motifs is 5. The summed E-state index contributed by atoms with van der Waals surface area (Å²) in [5.41, 5.74) is 19.5. The second-order valence-electron chi connectivity index (χ2n) is 18.5. The highest BCUT2D eigenvalue weighted by Gasteiger charge is 2.35. The Morgan fingerprint density at radius 3 is 1.59 bits per heavy atom. The lowest BCUT2D eigenvalue weighted by Crippen LogP contribution is -2.03. The molecule has 0 heteroatoms. The molecule has 0 bridgehead atoms. The molecule has 0 nitrogen and oxygen atoms in total. The first-order valence-corrected chi connectivity index (χ1v) is 23.6. The maximum atomic E-state index is 2.57. The van der Waals surface area contributed by atoms with Crippen molar-refractivity contribution in [3.8, 4) is 66.8 Å². The third kappa shape index (κ3) is 5.65. The first-order chi connectivity index (χ1) is 32.7. The second kappa shape index (κ2) is 14.7. The van der Waals surface area contributed by atoms with E-state index >= 15 is 0 Å². The predicted molar refractivity (Wildman–Crippen MR) is 283 cm³/mol. The summed E-state index contributed by atoms with van der Waals surface area (Å²) in [5.74, 6) is 0.200. The van der Waals surface area contributed by atoms with Crippen LogP contribution in [-0.2, 0) is 0 Å². The third-order valence-corrected chi connectivity index (χ3v) is 14.8. The third-order valence-electron chi connectivity index (χ3n) is 14.8. The summed E-state index contributed by atoms with van der Waals surface area (Å²) in [4.78, 5) is 0. The lowest BCUT2D eigenvalue weighted by atomic mass is 9.78. The van der Waals surface area contributed by atoms with Crippen molar-refractivity contribution in [1.82, 2.24) is 0 Å². The van der Waals surface area contributed by atoms with Crippen molar-refractivity contribution in [2.24, 2.45) is 0 Å². The SMILES string of the molecule is C1=CCC(c2c3c(c(-c4ccccc4)c4cc5cc(-c6ccccc6)c(-c6ccccc6)cc5cc24)-c2cc(-c4ccccc4)c4ccc5cc(C6=CCCC=C6)cc6cc-3c2c4c56)C=C1. The van der Waals surface area contributed by atoms with Crippen molar-refractivity contribution in [3.05, 3.63) is 236 Å². The molecule has 1 unspecified atom stereocenters. The van der Waals surface area contributed by atoms with Crippen LogP contribution in [0.25, 0.3) is 126 Å². The van der Waals surface area contributed by atoms with Crippen LogP contribution in [0.5, 0.6) is 0 Å². The van der Waals surface area contributed by atoms with Crippen LogP contribution in [0.2, 0.25) is 0 Å². The van der Waals surface area contributed by atoms with Crippen LogP contribution in [0.4, 0.5) is 0 Å². The molecule has 0 saturated heterocycles. The fourth-order valence-corrected chi connectivity index (χ4v) is 11.9. The molecule has 66 heavy (non-hydrogen) atoms. The van der Waals surface area contributed by atoms with Crippen molar-refractivity contribution in [2.45, 2.75) is 25.2 Å². The van der Waals surface area contributed by atoms with Crippen LogP contribution < -0.4 is 0 Å². The highest BCUT2D eigenvalue weighted by molar-refractivity contribution is 6.36. The van der Waals surface area contributed by atoms with Crippen molar-refractivity contribution < 1.29 is 0 Å². The van der Waals surface area contributed by atoms with Crippen LogP contribution in [0.15, 0.2) is 225 Å². The average Bonchev–Trinajstić information content (AvgIpc) is 3.71. The quantitative estimate of drug-likeness (QED) is 0.116. The average molecular weight is 837 g/mol. The molecule has 0 aliphatic heterocycles. The molecule has 0 aromatic heterocycles. The van der Waals surface area contributed by atoms with E-state index in [9.17, 15) is 0 Å². The first-order valence-electron chi connectivity index (χ1n) is 23.6. The van der Waals surface area contributed by atoms with Gasteiger partial charge >= 0.3 is 0 Å². The molecule has 11 aromatic rings. The van der Waals surface area contributed by atoms with Gasteiger partial charge in [-0.3, -0.25) is 0 Å². The molecule has 3 aliphatic rings. The summed E-state index contributed by atoms with van der Waals surface area (Å²) in [6.45, 7) is 0. The summed E-state index contributed by atoms with van der Waals surface area (Å²) >= 11 is 0. The number of hydrogen-bond donors (Lipinski definition) is 0. The Bertz CT molecular complexity index is 3900. The summed E-state index contributed by atoms with van der Waals surface area (Å²) in [7, 11) is 0. The number of benzene rings is 11. The van der Waals surface area contributed by atoms with E-state index in [0.717, 1.165) is 19.3 Å². The topological polar surface area (TPSA) is 0 Å². The van der Waals surface area contributed by atoms with Gasteiger partial charge in [-0.25, -0.2) is 0 Å². The van der Waals surface area contributed by atoms with Crippen LogP contribution in [-0.4, -0.2) is 0 Å². The van der Waals surface area contributed by atoms with Gasteiger partial charge in [0.15, 0.2) is 0 Å². The van der Waals surface area contributed by atoms with E-state index in [1.54, 1.807) is 0 Å². The number of rotatable bonds is 6. The van der Waals surface area contributed by atoms with E-state index in [2.05, 4.69) is 225 Å². The maximum Gasteiger partial charge on any atom is 0.00682 e. The highest BCUT2D eigenvalue weighted by Crippen LogP contribution is 2.61. The molecule has 0 saturated carbocycles.